The summed E-state index contributed by atoms with van der Waals surface area (Å²) >= 11 is 0. The highest BCUT2D eigenvalue weighted by Gasteiger charge is 2.32. The number of amides is 1. The Morgan fingerprint density at radius 2 is 1.73 bits per heavy atom. The third-order valence-corrected chi connectivity index (χ3v) is 3.13. The minimum absolute atomic E-state index is 0.0867. The van der Waals surface area contributed by atoms with E-state index in [0.717, 1.165) is 13.0 Å². The molecule has 0 atom stereocenters. The summed E-state index contributed by atoms with van der Waals surface area (Å²) in [7, 11) is 1.85. The second kappa shape index (κ2) is 6.83. The maximum atomic E-state index is 12.0. The van der Waals surface area contributed by atoms with E-state index >= 15 is 0 Å². The first-order valence-electron chi connectivity index (χ1n) is 6.06. The Balaban J connectivity index is 4.17. The van der Waals surface area contributed by atoms with Gasteiger partial charge in [-0.15, -0.1) is 0 Å². The maximum Gasteiger partial charge on any atom is 0.242 e. The molecule has 2 N–H and O–H groups in total. The van der Waals surface area contributed by atoms with Crippen LogP contribution < -0.4 is 5.73 Å². The van der Waals surface area contributed by atoms with Crippen LogP contribution in [0.25, 0.3) is 0 Å². The molecule has 1 amide bonds. The number of hydrogen-bond acceptors (Lipinski definition) is 2. The van der Waals surface area contributed by atoms with Crippen molar-refractivity contribution in [3.63, 3.8) is 0 Å². The van der Waals surface area contributed by atoms with Gasteiger partial charge in [0.1, 0.15) is 0 Å². The molecule has 0 aliphatic rings. The lowest BCUT2D eigenvalue weighted by atomic mass is 9.92. The summed E-state index contributed by atoms with van der Waals surface area (Å²) in [6.07, 6.45) is 4.84. The number of rotatable bonds is 7. The number of hydrogen-bond donors (Lipinski definition) is 1. The molecule has 15 heavy (non-hydrogen) atoms. The summed E-state index contributed by atoms with van der Waals surface area (Å²) in [5, 5.41) is 0. The number of likely N-dealkylation sites (N-methyl/N-ethyl adjacent to an activating group) is 1. The van der Waals surface area contributed by atoms with E-state index in [-0.39, 0.29) is 5.91 Å². The molecular formula is C12H26N2O. The molecule has 0 saturated heterocycles. The van der Waals surface area contributed by atoms with Crippen molar-refractivity contribution in [2.75, 3.05) is 13.6 Å². The van der Waals surface area contributed by atoms with Crippen LogP contribution in [0.3, 0.4) is 0 Å². The third kappa shape index (κ3) is 4.20. The van der Waals surface area contributed by atoms with Crippen molar-refractivity contribution in [1.82, 2.24) is 4.90 Å². The van der Waals surface area contributed by atoms with Crippen molar-refractivity contribution >= 4 is 5.91 Å². The molecule has 0 bridgehead atoms. The van der Waals surface area contributed by atoms with Crippen LogP contribution >= 0.6 is 0 Å². The quantitative estimate of drug-likeness (QED) is 0.660. The lowest BCUT2D eigenvalue weighted by Gasteiger charge is -2.30. The fourth-order valence-electron chi connectivity index (χ4n) is 1.63. The van der Waals surface area contributed by atoms with Crippen LogP contribution in [0.4, 0.5) is 0 Å². The van der Waals surface area contributed by atoms with Gasteiger partial charge in [-0.05, 0) is 19.3 Å². The molecule has 0 aromatic rings. The van der Waals surface area contributed by atoms with Gasteiger partial charge < -0.3 is 10.6 Å². The molecule has 0 saturated carbocycles. The number of carbonyl (C=O) groups excluding carboxylic acids is 1. The number of nitrogens with two attached hydrogens (primary N) is 1. The van der Waals surface area contributed by atoms with E-state index in [4.69, 9.17) is 5.73 Å². The predicted molar refractivity (Wildman–Crippen MR) is 64.7 cm³/mol. The standard InChI is InChI=1S/C12H26N2O/c1-5-8-9-10-14(4)11(15)12(13,6-2)7-3/h5-10,13H2,1-4H3. The van der Waals surface area contributed by atoms with Gasteiger partial charge in [0.2, 0.25) is 5.91 Å². The zero-order valence-electron chi connectivity index (χ0n) is 10.7. The zero-order chi connectivity index (χ0) is 11.9. The Morgan fingerprint density at radius 3 is 2.13 bits per heavy atom. The third-order valence-electron chi connectivity index (χ3n) is 3.13. The Morgan fingerprint density at radius 1 is 1.20 bits per heavy atom. The van der Waals surface area contributed by atoms with Gasteiger partial charge in [-0.25, -0.2) is 0 Å². The van der Waals surface area contributed by atoms with E-state index in [2.05, 4.69) is 6.92 Å². The number of carbonyl (C=O) groups is 1. The summed E-state index contributed by atoms with van der Waals surface area (Å²) in [5.74, 6) is 0.0867. The van der Waals surface area contributed by atoms with E-state index in [1.54, 1.807) is 4.90 Å². The highest BCUT2D eigenvalue weighted by molar-refractivity contribution is 5.85. The normalized spacial score (nSPS) is 11.5. The summed E-state index contributed by atoms with van der Waals surface area (Å²) < 4.78 is 0. The zero-order valence-corrected chi connectivity index (χ0v) is 10.7. The lowest BCUT2D eigenvalue weighted by Crippen LogP contribution is -2.53. The van der Waals surface area contributed by atoms with E-state index < -0.39 is 5.54 Å². The highest BCUT2D eigenvalue weighted by atomic mass is 16.2. The van der Waals surface area contributed by atoms with E-state index in [1.165, 1.54) is 12.8 Å². The van der Waals surface area contributed by atoms with Crippen molar-refractivity contribution in [1.29, 1.82) is 0 Å². The minimum Gasteiger partial charge on any atom is -0.344 e. The molecule has 0 unspecified atom stereocenters. The molecular weight excluding hydrogens is 188 g/mol. The van der Waals surface area contributed by atoms with Crippen molar-refractivity contribution in [3.05, 3.63) is 0 Å². The predicted octanol–water partition coefficient (Wildman–Crippen LogP) is 2.15. The SMILES string of the molecule is CCCCCN(C)C(=O)C(N)(CC)CC. The monoisotopic (exact) mass is 214 g/mol. The van der Waals surface area contributed by atoms with E-state index in [1.807, 2.05) is 20.9 Å². The fraction of sp³-hybridized carbons (Fsp3) is 0.917. The maximum absolute atomic E-state index is 12.0. The van der Waals surface area contributed by atoms with Crippen LogP contribution in [0.1, 0.15) is 52.9 Å². The van der Waals surface area contributed by atoms with Gasteiger partial charge in [-0.2, -0.15) is 0 Å². The fourth-order valence-corrected chi connectivity index (χ4v) is 1.63. The molecule has 0 aliphatic carbocycles. The van der Waals surface area contributed by atoms with E-state index in [9.17, 15) is 4.79 Å². The van der Waals surface area contributed by atoms with Crippen LogP contribution in [0, 0.1) is 0 Å². The average Bonchev–Trinajstić information content (AvgIpc) is 2.27. The van der Waals surface area contributed by atoms with Crippen molar-refractivity contribution in [2.24, 2.45) is 5.73 Å². The molecule has 0 heterocycles. The van der Waals surface area contributed by atoms with Gasteiger partial charge in [0.05, 0.1) is 5.54 Å². The second-order valence-electron chi connectivity index (χ2n) is 4.30. The van der Waals surface area contributed by atoms with Crippen molar-refractivity contribution in [3.8, 4) is 0 Å². The van der Waals surface area contributed by atoms with E-state index in [0.29, 0.717) is 12.8 Å². The lowest BCUT2D eigenvalue weighted by molar-refractivity contribution is -0.136. The van der Waals surface area contributed by atoms with Gasteiger partial charge in [-0.1, -0.05) is 33.6 Å². The minimum atomic E-state index is -0.652. The van der Waals surface area contributed by atoms with Crippen LogP contribution in [0.2, 0.25) is 0 Å². The summed E-state index contributed by atoms with van der Waals surface area (Å²) in [5.41, 5.74) is 5.40. The first-order chi connectivity index (χ1) is 7.01. The molecule has 0 radical (unpaired) electrons. The second-order valence-corrected chi connectivity index (χ2v) is 4.30. The first-order valence-corrected chi connectivity index (χ1v) is 6.06. The van der Waals surface area contributed by atoms with Crippen molar-refractivity contribution < 1.29 is 4.79 Å². The Kier molecular flexibility index (Phi) is 6.57. The Bertz CT molecular complexity index is 188. The van der Waals surface area contributed by atoms with Crippen LogP contribution in [0.15, 0.2) is 0 Å². The van der Waals surface area contributed by atoms with Crippen LogP contribution in [0.5, 0.6) is 0 Å². The smallest absolute Gasteiger partial charge is 0.242 e. The molecule has 0 aliphatic heterocycles. The summed E-state index contributed by atoms with van der Waals surface area (Å²) in [6, 6.07) is 0. The molecule has 0 rings (SSSR count). The molecule has 3 heteroatoms. The molecule has 0 fully saturated rings. The Hall–Kier alpha value is -0.570. The molecule has 0 aromatic heterocycles. The van der Waals surface area contributed by atoms with Gasteiger partial charge in [-0.3, -0.25) is 4.79 Å². The van der Waals surface area contributed by atoms with Gasteiger partial charge in [0, 0.05) is 13.6 Å². The molecule has 0 aromatic carbocycles. The van der Waals surface area contributed by atoms with Crippen LogP contribution in [-0.2, 0) is 4.79 Å². The molecule has 90 valence electrons. The Labute approximate surface area is 94.0 Å². The summed E-state index contributed by atoms with van der Waals surface area (Å²) in [6.45, 7) is 6.93. The van der Waals surface area contributed by atoms with Gasteiger partial charge >= 0.3 is 0 Å². The topological polar surface area (TPSA) is 46.3 Å². The van der Waals surface area contributed by atoms with Crippen LogP contribution in [-0.4, -0.2) is 29.9 Å². The number of nitrogens with zero attached hydrogens (tertiary/aromatic N) is 1. The largest absolute Gasteiger partial charge is 0.344 e. The highest BCUT2D eigenvalue weighted by Crippen LogP contribution is 2.14. The average molecular weight is 214 g/mol. The molecule has 3 nitrogen and oxygen atoms in total. The first kappa shape index (κ1) is 14.4. The van der Waals surface area contributed by atoms with Crippen molar-refractivity contribution in [2.45, 2.75) is 58.4 Å². The number of unbranched alkanes of at least 4 members (excludes halogenated alkanes) is 2. The summed E-state index contributed by atoms with van der Waals surface area (Å²) in [4.78, 5) is 13.8. The van der Waals surface area contributed by atoms with Gasteiger partial charge in [0.15, 0.2) is 0 Å². The molecule has 0 spiro atoms. The van der Waals surface area contributed by atoms with Gasteiger partial charge in [0.25, 0.3) is 0 Å².